The molecule has 30 heavy (non-hydrogen) atoms. The molecule has 2 unspecified atom stereocenters. The van der Waals surface area contributed by atoms with E-state index in [1.165, 1.54) is 24.3 Å². The maximum Gasteiger partial charge on any atom is 0.275 e. The molecule has 0 aromatic heterocycles. The van der Waals surface area contributed by atoms with Crippen LogP contribution in [0.1, 0.15) is 32.1 Å². The summed E-state index contributed by atoms with van der Waals surface area (Å²) in [6, 6.07) is 1.22. The summed E-state index contributed by atoms with van der Waals surface area (Å²) in [6.07, 6.45) is -4.44. The van der Waals surface area contributed by atoms with E-state index in [1.807, 2.05) is 0 Å². The molecule has 0 saturated carbocycles. The Labute approximate surface area is 192 Å². The lowest BCUT2D eigenvalue weighted by molar-refractivity contribution is -0.133. The van der Waals surface area contributed by atoms with Gasteiger partial charge in [0.1, 0.15) is 19.3 Å². The van der Waals surface area contributed by atoms with Crippen molar-refractivity contribution < 1.29 is 33.5 Å². The highest BCUT2D eigenvalue weighted by atomic mass is 35.5. The van der Waals surface area contributed by atoms with E-state index in [9.17, 15) is 18.4 Å². The zero-order chi connectivity index (χ0) is 31.0. The lowest BCUT2D eigenvalue weighted by Crippen LogP contribution is -2.54. The van der Waals surface area contributed by atoms with Crippen LogP contribution in [0.15, 0.2) is 47.4 Å². The summed E-state index contributed by atoms with van der Waals surface area (Å²) in [5.41, 5.74) is -4.74. The Bertz CT molecular complexity index is 1470. The summed E-state index contributed by atoms with van der Waals surface area (Å²) in [4.78, 5) is 31.1. The Morgan fingerprint density at radius 2 is 2.17 bits per heavy atom. The molecule has 2 aliphatic rings. The molecule has 0 aliphatic carbocycles. The number of anilines is 1. The number of amides is 2. The first-order chi connectivity index (χ1) is 18.7. The van der Waals surface area contributed by atoms with Gasteiger partial charge in [-0.05, 0) is 37.2 Å². The lowest BCUT2D eigenvalue weighted by Gasteiger charge is -2.39. The molecule has 1 saturated heterocycles. The van der Waals surface area contributed by atoms with Crippen LogP contribution in [0, 0.1) is 11.6 Å². The number of nitrogens with one attached hydrogen (secondary N) is 2. The zero-order valence-electron chi connectivity index (χ0n) is 25.9. The average molecular weight is 444 g/mol. The zero-order valence-corrected chi connectivity index (χ0v) is 15.6. The SMILES string of the molecule is [2H]c1c([2H])c(NC(=O)C([2H])([2H])N2C(=O)C(c3ccc(Cl)cc3)=NC23CC([2H])N([2H])C([2H])([2H])C3([2H])[2H])c([2H])c(F)c1F. The Kier molecular flexibility index (Phi) is 2.97. The minimum atomic E-state index is -3.71. The minimum Gasteiger partial charge on any atom is -0.324 e. The van der Waals surface area contributed by atoms with Crippen molar-refractivity contribution in [1.82, 2.24) is 10.2 Å². The van der Waals surface area contributed by atoms with E-state index < -0.39 is 90.9 Å². The van der Waals surface area contributed by atoms with Crippen molar-refractivity contribution in [3.05, 3.63) is 64.6 Å². The van der Waals surface area contributed by atoms with Crippen molar-refractivity contribution in [2.24, 2.45) is 4.99 Å². The molecule has 2 aliphatic heterocycles. The van der Waals surface area contributed by atoms with E-state index in [1.54, 1.807) is 5.32 Å². The van der Waals surface area contributed by atoms with Gasteiger partial charge in [0.2, 0.25) is 5.91 Å². The fourth-order valence-corrected chi connectivity index (χ4v) is 2.91. The minimum absolute atomic E-state index is 0.0256. The fourth-order valence-electron chi connectivity index (χ4n) is 2.78. The summed E-state index contributed by atoms with van der Waals surface area (Å²) >= 11 is 5.89. The van der Waals surface area contributed by atoms with Crippen LogP contribution in [0.3, 0.4) is 0 Å². The number of nitrogens with zero attached hydrogens (tertiary/aromatic N) is 2. The van der Waals surface area contributed by atoms with Gasteiger partial charge < -0.3 is 15.5 Å². The summed E-state index contributed by atoms with van der Waals surface area (Å²) in [5, 5.41) is 1.88. The number of rotatable bonds is 4. The first kappa shape index (κ1) is 11.0. The normalized spacial score (nSPS) is 33.4. The molecular formula is C21H19ClF2N4O2. The molecule has 1 fully saturated rings. The van der Waals surface area contributed by atoms with Crippen LogP contribution in [0.5, 0.6) is 0 Å². The molecule has 0 bridgehead atoms. The quantitative estimate of drug-likeness (QED) is 0.763. The fraction of sp³-hybridized carbons (Fsp3) is 0.286. The highest BCUT2D eigenvalue weighted by Crippen LogP contribution is 2.34. The highest BCUT2D eigenvalue weighted by Gasteiger charge is 2.48. The maximum absolute atomic E-state index is 14.1. The molecule has 2 aromatic carbocycles. The number of piperidine rings is 1. The van der Waals surface area contributed by atoms with Crippen LogP contribution in [-0.2, 0) is 9.59 Å². The van der Waals surface area contributed by atoms with Crippen LogP contribution in [0.2, 0.25) is 6.43 Å². The second-order valence-electron chi connectivity index (χ2n) is 6.12. The number of carbonyl (C=O) groups excluding carboxylic acids is 2. The number of aliphatic imine (C=N–C) groups is 1. The molecule has 1 spiro atoms. The van der Waals surface area contributed by atoms with Crippen molar-refractivity contribution in [1.29, 1.82) is 0 Å². The van der Waals surface area contributed by atoms with Crippen molar-refractivity contribution in [3.8, 4) is 0 Å². The highest BCUT2D eigenvalue weighted by molar-refractivity contribution is 6.47. The second kappa shape index (κ2) is 8.12. The van der Waals surface area contributed by atoms with Crippen molar-refractivity contribution >= 4 is 34.8 Å². The third-order valence-electron chi connectivity index (χ3n) is 4.15. The summed E-state index contributed by atoms with van der Waals surface area (Å²) in [5.74, 6) is -7.12. The van der Waals surface area contributed by atoms with E-state index in [0.29, 0.717) is 0 Å². The van der Waals surface area contributed by atoms with Crippen molar-refractivity contribution in [2.45, 2.75) is 18.5 Å². The molecule has 0 radical (unpaired) electrons. The molecule has 156 valence electrons. The van der Waals surface area contributed by atoms with Gasteiger partial charge in [0, 0.05) is 42.0 Å². The Hall–Kier alpha value is -2.84. The molecule has 2 atom stereocenters. The van der Waals surface area contributed by atoms with E-state index in [4.69, 9.17) is 26.7 Å². The number of halogens is 3. The van der Waals surface area contributed by atoms with Crippen LogP contribution in [0.25, 0.3) is 0 Å². The predicted octanol–water partition coefficient (Wildman–Crippen LogP) is 2.97. The number of hydrogen-bond acceptors (Lipinski definition) is 4. The Balaban J connectivity index is 1.91. The first-order valence-corrected chi connectivity index (χ1v) is 8.79. The van der Waals surface area contributed by atoms with Crippen molar-refractivity contribution in [2.75, 3.05) is 24.8 Å². The summed E-state index contributed by atoms with van der Waals surface area (Å²) in [7, 11) is 0. The molecular weight excluding hydrogens is 414 g/mol. The number of hydrogen-bond donors (Lipinski definition) is 2. The van der Waals surface area contributed by atoms with Crippen molar-refractivity contribution in [3.63, 3.8) is 0 Å². The van der Waals surface area contributed by atoms with Gasteiger partial charge in [-0.1, -0.05) is 23.7 Å². The topological polar surface area (TPSA) is 73.8 Å². The average Bonchev–Trinajstić information content (AvgIpc) is 3.21. The van der Waals surface area contributed by atoms with Gasteiger partial charge in [-0.3, -0.25) is 14.6 Å². The molecule has 2 aromatic rings. The molecule has 6 nitrogen and oxygen atoms in total. The van der Waals surface area contributed by atoms with Crippen LogP contribution in [-0.4, -0.2) is 47.6 Å². The molecule has 4 rings (SSSR count). The van der Waals surface area contributed by atoms with Crippen LogP contribution < -0.4 is 10.6 Å². The number of benzene rings is 2. The predicted molar refractivity (Wildman–Crippen MR) is 110 cm³/mol. The number of carbonyl (C=O) groups is 2. The van der Waals surface area contributed by atoms with E-state index >= 15 is 0 Å². The van der Waals surface area contributed by atoms with Gasteiger partial charge in [-0.2, -0.15) is 0 Å². The van der Waals surface area contributed by atoms with E-state index in [2.05, 4.69) is 4.99 Å². The third kappa shape index (κ3) is 3.93. The molecule has 2 N–H and O–H groups in total. The maximum atomic E-state index is 14.1. The van der Waals surface area contributed by atoms with Gasteiger partial charge >= 0.3 is 0 Å². The lowest BCUT2D eigenvalue weighted by atomic mass is 9.97. The second-order valence-corrected chi connectivity index (χ2v) is 6.56. The first-order valence-electron chi connectivity index (χ1n) is 13.9. The molecule has 2 heterocycles. The Morgan fingerprint density at radius 3 is 2.93 bits per heavy atom. The van der Waals surface area contributed by atoms with E-state index in [-0.39, 0.29) is 20.8 Å². The van der Waals surface area contributed by atoms with E-state index in [0.717, 1.165) is 0 Å². The summed E-state index contributed by atoms with van der Waals surface area (Å²) in [6.45, 7) is -9.01. The molecule has 9 heteroatoms. The monoisotopic (exact) mass is 443 g/mol. The smallest absolute Gasteiger partial charge is 0.275 e. The van der Waals surface area contributed by atoms with Gasteiger partial charge in [-0.15, -0.1) is 0 Å². The van der Waals surface area contributed by atoms with Gasteiger partial charge in [-0.25, -0.2) is 8.78 Å². The van der Waals surface area contributed by atoms with Gasteiger partial charge in [0.15, 0.2) is 11.6 Å². The van der Waals surface area contributed by atoms with Crippen LogP contribution in [0.4, 0.5) is 14.5 Å². The van der Waals surface area contributed by atoms with Crippen LogP contribution >= 0.6 is 11.6 Å². The third-order valence-corrected chi connectivity index (χ3v) is 4.41. The largest absolute Gasteiger partial charge is 0.324 e. The van der Waals surface area contributed by atoms with Gasteiger partial charge in [0.25, 0.3) is 5.91 Å². The molecule has 2 amide bonds. The summed E-state index contributed by atoms with van der Waals surface area (Å²) < 4.78 is 118. The standard InChI is InChI=1S/C21H19ClF2N4O2/c22-14-3-1-13(2-4-14)19-20(30)28(21(27-19)7-9-25-10-8-21)12-18(29)26-15-5-6-16(23)17(24)11-15/h1-6,11,25H,7-10,12H2,(H,26,29)/i5D,6D,7D2,9D2,10D,11D,12D2/hD. The van der Waals surface area contributed by atoms with Gasteiger partial charge in [0.05, 0.1) is 6.85 Å². The Morgan fingerprint density at radius 1 is 1.40 bits per heavy atom.